The molecule has 0 aliphatic carbocycles. The summed E-state index contributed by atoms with van der Waals surface area (Å²) in [5.74, 6) is 0.349. The summed E-state index contributed by atoms with van der Waals surface area (Å²) in [6, 6.07) is 10.5. The number of nitrogens with zero attached hydrogens (tertiary/aromatic N) is 2. The summed E-state index contributed by atoms with van der Waals surface area (Å²) in [6.45, 7) is 10.3. The van der Waals surface area contributed by atoms with E-state index in [-0.39, 0.29) is 0 Å². The van der Waals surface area contributed by atoms with E-state index in [1.807, 2.05) is 33.8 Å². The van der Waals surface area contributed by atoms with Gasteiger partial charge in [-0.3, -0.25) is 0 Å². The molecule has 1 atom stereocenters. The molecule has 2 rings (SSSR count). The number of aryl methyl sites for hydroxylation is 2. The van der Waals surface area contributed by atoms with Crippen LogP contribution in [-0.2, 0) is 0 Å². The van der Waals surface area contributed by atoms with Crippen LogP contribution in [0, 0.1) is 13.8 Å². The first-order valence-electron chi connectivity index (χ1n) is 6.53. The first-order chi connectivity index (χ1) is 8.70. The third-order valence-corrected chi connectivity index (χ3v) is 3.01. The molecule has 1 heterocycles. The molecule has 0 fully saturated rings. The molecule has 0 bridgehead atoms. The van der Waals surface area contributed by atoms with Gasteiger partial charge in [-0.25, -0.2) is 9.97 Å². The van der Waals surface area contributed by atoms with Crippen molar-refractivity contribution in [3.63, 3.8) is 0 Å². The summed E-state index contributed by atoms with van der Waals surface area (Å²) in [5.41, 5.74) is 4.70. The maximum atomic E-state index is 4.28. The van der Waals surface area contributed by atoms with E-state index in [0.29, 0.717) is 5.92 Å². The molecule has 1 aromatic heterocycles. The van der Waals surface area contributed by atoms with Crippen LogP contribution < -0.4 is 0 Å². The largest absolute Gasteiger partial charge is 0.241 e. The van der Waals surface area contributed by atoms with Gasteiger partial charge in [-0.1, -0.05) is 51.1 Å². The smallest absolute Gasteiger partial charge is 0.115 e. The molecule has 18 heavy (non-hydrogen) atoms. The van der Waals surface area contributed by atoms with Gasteiger partial charge >= 0.3 is 0 Å². The lowest BCUT2D eigenvalue weighted by Gasteiger charge is -2.16. The molecule has 2 aromatic rings. The topological polar surface area (TPSA) is 25.8 Å². The second-order valence-electron chi connectivity index (χ2n) is 4.09. The highest BCUT2D eigenvalue weighted by Gasteiger charge is 2.14. The normalized spacial score (nSPS) is 11.4. The Morgan fingerprint density at radius 1 is 0.889 bits per heavy atom. The minimum atomic E-state index is 0.349. The minimum absolute atomic E-state index is 0.349. The van der Waals surface area contributed by atoms with Crippen LogP contribution in [0.5, 0.6) is 0 Å². The lowest BCUT2D eigenvalue weighted by molar-refractivity contribution is 0.852. The fourth-order valence-electron chi connectivity index (χ4n) is 2.14. The van der Waals surface area contributed by atoms with Crippen LogP contribution in [0.25, 0.3) is 0 Å². The standard InChI is InChI=1S/C14H16N2.C2H6/c1-10(13-7-5-4-6-8-13)14-11(2)15-9-16-12(14)3;1-2/h4-10H,1-3H3;1-2H3. The van der Waals surface area contributed by atoms with Gasteiger partial charge in [-0.05, 0) is 19.4 Å². The Kier molecular flexibility index (Phi) is 5.50. The average molecular weight is 242 g/mol. The second kappa shape index (κ2) is 6.90. The third kappa shape index (κ3) is 3.16. The van der Waals surface area contributed by atoms with Crippen molar-refractivity contribution in [2.24, 2.45) is 0 Å². The highest BCUT2D eigenvalue weighted by molar-refractivity contribution is 5.35. The maximum absolute atomic E-state index is 4.28. The zero-order valence-electron chi connectivity index (χ0n) is 11.9. The Morgan fingerprint density at radius 3 is 1.89 bits per heavy atom. The van der Waals surface area contributed by atoms with Crippen molar-refractivity contribution in [1.29, 1.82) is 0 Å². The Balaban J connectivity index is 0.000000771. The molecule has 2 heteroatoms. The number of aromatic nitrogens is 2. The van der Waals surface area contributed by atoms with Gasteiger partial charge in [0, 0.05) is 22.9 Å². The minimum Gasteiger partial charge on any atom is -0.241 e. The third-order valence-electron chi connectivity index (χ3n) is 3.01. The Labute approximate surface area is 110 Å². The number of rotatable bonds is 2. The number of benzene rings is 1. The van der Waals surface area contributed by atoms with Gasteiger partial charge < -0.3 is 0 Å². The van der Waals surface area contributed by atoms with E-state index in [1.165, 1.54) is 11.1 Å². The van der Waals surface area contributed by atoms with Gasteiger partial charge in [0.05, 0.1) is 0 Å². The van der Waals surface area contributed by atoms with Crippen LogP contribution in [0.4, 0.5) is 0 Å². The van der Waals surface area contributed by atoms with Gasteiger partial charge in [0.15, 0.2) is 0 Å². The van der Waals surface area contributed by atoms with Crippen LogP contribution >= 0.6 is 0 Å². The highest BCUT2D eigenvalue weighted by atomic mass is 14.8. The molecule has 2 nitrogen and oxygen atoms in total. The molecule has 0 radical (unpaired) electrons. The van der Waals surface area contributed by atoms with E-state index >= 15 is 0 Å². The molecular formula is C16H22N2. The van der Waals surface area contributed by atoms with Crippen LogP contribution in [0.2, 0.25) is 0 Å². The van der Waals surface area contributed by atoms with Gasteiger partial charge in [0.25, 0.3) is 0 Å². The van der Waals surface area contributed by atoms with E-state index < -0.39 is 0 Å². The van der Waals surface area contributed by atoms with Crippen LogP contribution in [0.15, 0.2) is 36.7 Å². The number of hydrogen-bond donors (Lipinski definition) is 0. The predicted molar refractivity (Wildman–Crippen MR) is 76.8 cm³/mol. The molecule has 0 aliphatic heterocycles. The fraction of sp³-hybridized carbons (Fsp3) is 0.375. The van der Waals surface area contributed by atoms with Crippen molar-refractivity contribution in [1.82, 2.24) is 9.97 Å². The van der Waals surface area contributed by atoms with E-state index in [9.17, 15) is 0 Å². The van der Waals surface area contributed by atoms with Gasteiger partial charge in [0.1, 0.15) is 6.33 Å². The zero-order chi connectivity index (χ0) is 13.5. The summed E-state index contributed by atoms with van der Waals surface area (Å²) in [7, 11) is 0. The van der Waals surface area contributed by atoms with Crippen LogP contribution in [-0.4, -0.2) is 9.97 Å². The van der Waals surface area contributed by atoms with Crippen LogP contribution in [0.3, 0.4) is 0 Å². The molecule has 1 unspecified atom stereocenters. The van der Waals surface area contributed by atoms with Gasteiger partial charge in [0.2, 0.25) is 0 Å². The maximum Gasteiger partial charge on any atom is 0.115 e. The molecule has 1 aromatic carbocycles. The van der Waals surface area contributed by atoms with E-state index in [2.05, 4.69) is 41.2 Å². The number of hydrogen-bond acceptors (Lipinski definition) is 2. The molecule has 0 saturated heterocycles. The molecule has 0 spiro atoms. The van der Waals surface area contributed by atoms with Crippen molar-refractivity contribution in [3.8, 4) is 0 Å². The Hall–Kier alpha value is -1.70. The van der Waals surface area contributed by atoms with Crippen molar-refractivity contribution >= 4 is 0 Å². The van der Waals surface area contributed by atoms with Crippen molar-refractivity contribution in [2.45, 2.75) is 40.5 Å². The molecule has 96 valence electrons. The monoisotopic (exact) mass is 242 g/mol. The average Bonchev–Trinajstić information content (AvgIpc) is 2.41. The fourth-order valence-corrected chi connectivity index (χ4v) is 2.14. The van der Waals surface area contributed by atoms with Gasteiger partial charge in [-0.2, -0.15) is 0 Å². The first kappa shape index (κ1) is 14.4. The van der Waals surface area contributed by atoms with Gasteiger partial charge in [-0.15, -0.1) is 0 Å². The molecule has 0 amide bonds. The van der Waals surface area contributed by atoms with E-state index in [0.717, 1.165) is 11.4 Å². The van der Waals surface area contributed by atoms with Crippen molar-refractivity contribution < 1.29 is 0 Å². The zero-order valence-corrected chi connectivity index (χ0v) is 11.9. The summed E-state index contributed by atoms with van der Waals surface area (Å²) in [4.78, 5) is 8.55. The summed E-state index contributed by atoms with van der Waals surface area (Å²) >= 11 is 0. The highest BCUT2D eigenvalue weighted by Crippen LogP contribution is 2.27. The van der Waals surface area contributed by atoms with E-state index in [1.54, 1.807) is 6.33 Å². The molecule has 0 N–H and O–H groups in total. The van der Waals surface area contributed by atoms with Crippen molar-refractivity contribution in [2.75, 3.05) is 0 Å². The Bertz CT molecular complexity index is 457. The summed E-state index contributed by atoms with van der Waals surface area (Å²) < 4.78 is 0. The van der Waals surface area contributed by atoms with Crippen LogP contribution in [0.1, 0.15) is 49.2 Å². The summed E-state index contributed by atoms with van der Waals surface area (Å²) in [6.07, 6.45) is 1.63. The Morgan fingerprint density at radius 2 is 1.39 bits per heavy atom. The lowest BCUT2D eigenvalue weighted by Crippen LogP contribution is -2.04. The second-order valence-corrected chi connectivity index (χ2v) is 4.09. The predicted octanol–water partition coefficient (Wildman–Crippen LogP) is 4.27. The summed E-state index contributed by atoms with van der Waals surface area (Å²) in [5, 5.41) is 0. The molecule has 0 aliphatic rings. The molecule has 0 saturated carbocycles. The first-order valence-corrected chi connectivity index (χ1v) is 6.53. The molecular weight excluding hydrogens is 220 g/mol. The lowest BCUT2D eigenvalue weighted by atomic mass is 9.91. The SMILES string of the molecule is CC.Cc1ncnc(C)c1C(C)c1ccccc1. The van der Waals surface area contributed by atoms with E-state index in [4.69, 9.17) is 0 Å². The quantitative estimate of drug-likeness (QED) is 0.786. The van der Waals surface area contributed by atoms with Crippen molar-refractivity contribution in [3.05, 3.63) is 59.2 Å².